The van der Waals surface area contributed by atoms with Gasteiger partial charge in [-0.15, -0.1) is 0 Å². The largest absolute Gasteiger partial charge is 0.534 e. The highest BCUT2D eigenvalue weighted by Gasteiger charge is 2.49. The van der Waals surface area contributed by atoms with Crippen molar-refractivity contribution < 1.29 is 25.8 Å². The number of benzene rings is 1. The van der Waals surface area contributed by atoms with Crippen molar-refractivity contribution in [1.82, 2.24) is 4.90 Å². The lowest BCUT2D eigenvalue weighted by molar-refractivity contribution is -0.0525. The molecule has 1 aromatic rings. The molecule has 1 heterocycles. The van der Waals surface area contributed by atoms with Gasteiger partial charge < -0.3 is 4.18 Å². The van der Waals surface area contributed by atoms with Crippen LogP contribution in [0.15, 0.2) is 42.2 Å². The Morgan fingerprint density at radius 1 is 1.22 bits per heavy atom. The van der Waals surface area contributed by atoms with Gasteiger partial charge in [0, 0.05) is 25.6 Å². The third-order valence-corrected chi connectivity index (χ3v) is 5.15. The Kier molecular flexibility index (Phi) is 4.14. The van der Waals surface area contributed by atoms with E-state index >= 15 is 0 Å². The van der Waals surface area contributed by atoms with E-state index in [9.17, 15) is 21.6 Å². The van der Waals surface area contributed by atoms with Crippen LogP contribution in [0.3, 0.4) is 0 Å². The van der Waals surface area contributed by atoms with Crippen molar-refractivity contribution in [3.8, 4) is 0 Å². The first-order chi connectivity index (χ1) is 10.7. The van der Waals surface area contributed by atoms with Crippen LogP contribution in [0, 0.1) is 5.92 Å². The van der Waals surface area contributed by atoms with Gasteiger partial charge in [0.15, 0.2) is 0 Å². The minimum Gasteiger partial charge on any atom is -0.381 e. The Balaban J connectivity index is 1.67. The van der Waals surface area contributed by atoms with Crippen LogP contribution in [-0.4, -0.2) is 31.4 Å². The minimum absolute atomic E-state index is 0.00337. The van der Waals surface area contributed by atoms with E-state index in [2.05, 4.69) is 9.08 Å². The summed E-state index contributed by atoms with van der Waals surface area (Å²) in [5, 5.41) is 0. The molecule has 1 saturated heterocycles. The molecule has 1 aliphatic heterocycles. The number of hydrogen-bond acceptors (Lipinski definition) is 4. The molecule has 2 bridgehead atoms. The average Bonchev–Trinajstić information content (AvgIpc) is 2.72. The minimum atomic E-state index is -5.58. The molecule has 23 heavy (non-hydrogen) atoms. The Morgan fingerprint density at radius 3 is 2.57 bits per heavy atom. The van der Waals surface area contributed by atoms with Crippen molar-refractivity contribution in [2.75, 3.05) is 6.54 Å². The van der Waals surface area contributed by atoms with Gasteiger partial charge in [0.25, 0.3) is 0 Å². The summed E-state index contributed by atoms with van der Waals surface area (Å²) >= 11 is 0. The summed E-state index contributed by atoms with van der Waals surface area (Å²) in [6.07, 6.45) is 2.51. The fourth-order valence-corrected chi connectivity index (χ4v) is 3.68. The van der Waals surface area contributed by atoms with Crippen LogP contribution < -0.4 is 0 Å². The van der Waals surface area contributed by atoms with E-state index in [0.717, 1.165) is 12.0 Å². The maximum Gasteiger partial charge on any atom is 0.534 e. The quantitative estimate of drug-likeness (QED) is 0.620. The Bertz CT molecular complexity index is 700. The van der Waals surface area contributed by atoms with Crippen molar-refractivity contribution in [1.29, 1.82) is 0 Å². The summed E-state index contributed by atoms with van der Waals surface area (Å²) in [5.74, 6) is -0.0740. The van der Waals surface area contributed by atoms with Crippen LogP contribution in [0.25, 0.3) is 0 Å². The molecule has 0 N–H and O–H groups in total. The predicted octanol–water partition coefficient (Wildman–Crippen LogP) is 3.03. The van der Waals surface area contributed by atoms with E-state index < -0.39 is 15.6 Å². The average molecular weight is 347 g/mol. The smallest absolute Gasteiger partial charge is 0.381 e. The summed E-state index contributed by atoms with van der Waals surface area (Å²) < 4.78 is 63.8. The maximum atomic E-state index is 12.4. The van der Waals surface area contributed by atoms with E-state index in [4.69, 9.17) is 0 Å². The van der Waals surface area contributed by atoms with E-state index in [-0.39, 0.29) is 24.1 Å². The van der Waals surface area contributed by atoms with Gasteiger partial charge >= 0.3 is 15.6 Å². The molecule has 3 rings (SSSR count). The van der Waals surface area contributed by atoms with E-state index in [0.29, 0.717) is 13.1 Å². The van der Waals surface area contributed by atoms with Crippen LogP contribution in [0.1, 0.15) is 18.4 Å². The summed E-state index contributed by atoms with van der Waals surface area (Å²) in [5.41, 5.74) is -4.28. The van der Waals surface area contributed by atoms with E-state index in [1.54, 1.807) is 0 Å². The molecule has 1 fully saturated rings. The molecular formula is C15H16F3NO3S. The summed E-state index contributed by atoms with van der Waals surface area (Å²) in [6, 6.07) is 9.76. The monoisotopic (exact) mass is 347 g/mol. The molecule has 1 aromatic carbocycles. The molecule has 0 spiro atoms. The molecule has 0 amide bonds. The normalized spacial score (nSPS) is 25.3. The fourth-order valence-electron chi connectivity index (χ4n) is 3.18. The molecule has 0 saturated carbocycles. The van der Waals surface area contributed by atoms with E-state index in [1.165, 1.54) is 6.08 Å². The van der Waals surface area contributed by atoms with E-state index in [1.807, 2.05) is 30.3 Å². The van der Waals surface area contributed by atoms with Crippen LogP contribution in [-0.2, 0) is 20.8 Å². The second-order valence-corrected chi connectivity index (χ2v) is 7.42. The Labute approximate surface area is 132 Å². The zero-order valence-corrected chi connectivity index (χ0v) is 13.0. The molecule has 126 valence electrons. The lowest BCUT2D eigenvalue weighted by atomic mass is 9.96. The molecule has 4 nitrogen and oxygen atoms in total. The fraction of sp³-hybridized carbons (Fsp3) is 0.467. The van der Waals surface area contributed by atoms with Crippen LogP contribution in [0.4, 0.5) is 13.2 Å². The molecule has 0 aromatic heterocycles. The van der Waals surface area contributed by atoms with Gasteiger partial charge in [0.1, 0.15) is 5.76 Å². The van der Waals surface area contributed by atoms with Crippen molar-refractivity contribution >= 4 is 10.1 Å². The number of halogens is 3. The number of alkyl halides is 3. The lowest BCUT2D eigenvalue weighted by Crippen LogP contribution is -2.30. The van der Waals surface area contributed by atoms with Crippen molar-refractivity contribution in [2.24, 2.45) is 5.92 Å². The maximum absolute atomic E-state index is 12.4. The lowest BCUT2D eigenvalue weighted by Gasteiger charge is -2.25. The molecule has 2 atom stereocenters. The number of hydrogen-bond donors (Lipinski definition) is 0. The SMILES string of the molecule is O=S(=O)(OC1=C[C@@H]2C[C@H](C1)N(Cc1ccccc1)C2)C(F)(F)F. The highest BCUT2D eigenvalue weighted by molar-refractivity contribution is 7.87. The standard InChI is InChI=1S/C15H16F3NO3S/c16-15(17,18)23(20,21)22-14-7-12-6-13(8-14)19(10-12)9-11-4-2-1-3-5-11/h1-5,7,12-13H,6,8-10H2/t12-,13+/m0/s1. The van der Waals surface area contributed by atoms with Gasteiger partial charge in [-0.05, 0) is 24.0 Å². The van der Waals surface area contributed by atoms with Crippen LogP contribution in [0.5, 0.6) is 0 Å². The molecule has 2 aliphatic rings. The summed E-state index contributed by atoms with van der Waals surface area (Å²) in [4.78, 5) is 2.16. The topological polar surface area (TPSA) is 46.6 Å². The Morgan fingerprint density at radius 2 is 1.91 bits per heavy atom. The number of rotatable bonds is 4. The first kappa shape index (κ1) is 16.3. The van der Waals surface area contributed by atoms with Gasteiger partial charge in [0.2, 0.25) is 0 Å². The highest BCUT2D eigenvalue weighted by Crippen LogP contribution is 2.38. The summed E-state index contributed by atoms with van der Waals surface area (Å²) in [6.45, 7) is 1.38. The second kappa shape index (κ2) is 5.83. The highest BCUT2D eigenvalue weighted by atomic mass is 32.2. The summed E-state index contributed by atoms with van der Waals surface area (Å²) in [7, 11) is -5.58. The zero-order chi connectivity index (χ0) is 16.7. The number of nitrogens with zero attached hydrogens (tertiary/aromatic N) is 1. The van der Waals surface area contributed by atoms with Crippen LogP contribution >= 0.6 is 0 Å². The predicted molar refractivity (Wildman–Crippen MR) is 77.5 cm³/mol. The van der Waals surface area contributed by atoms with Crippen molar-refractivity contribution in [2.45, 2.75) is 30.9 Å². The first-order valence-electron chi connectivity index (χ1n) is 7.24. The van der Waals surface area contributed by atoms with Gasteiger partial charge in [-0.25, -0.2) is 0 Å². The molecule has 0 radical (unpaired) electrons. The van der Waals surface area contributed by atoms with Crippen LogP contribution in [0.2, 0.25) is 0 Å². The Hall–Kier alpha value is -1.54. The third-order valence-electron chi connectivity index (χ3n) is 4.15. The number of fused-ring (bicyclic) bond motifs is 2. The molecule has 8 heteroatoms. The van der Waals surface area contributed by atoms with Gasteiger partial charge in [0.05, 0.1) is 0 Å². The second-order valence-electron chi connectivity index (χ2n) is 5.88. The molecule has 1 aliphatic carbocycles. The first-order valence-corrected chi connectivity index (χ1v) is 8.65. The zero-order valence-electron chi connectivity index (χ0n) is 12.2. The molecular weight excluding hydrogens is 331 g/mol. The number of likely N-dealkylation sites (tertiary alicyclic amines) is 1. The molecule has 0 unspecified atom stereocenters. The van der Waals surface area contributed by atoms with Crippen molar-refractivity contribution in [3.05, 3.63) is 47.7 Å². The van der Waals surface area contributed by atoms with Gasteiger partial charge in [-0.3, -0.25) is 4.90 Å². The third kappa shape index (κ3) is 3.53. The van der Waals surface area contributed by atoms with Gasteiger partial charge in [-0.2, -0.15) is 21.6 Å². The van der Waals surface area contributed by atoms with Gasteiger partial charge in [-0.1, -0.05) is 30.3 Å². The van der Waals surface area contributed by atoms with Crippen molar-refractivity contribution in [3.63, 3.8) is 0 Å².